The van der Waals surface area contributed by atoms with Gasteiger partial charge in [-0.1, -0.05) is 69.9 Å². The summed E-state index contributed by atoms with van der Waals surface area (Å²) >= 11 is 0. The maximum Gasteiger partial charge on any atom is 0.310 e. The topological polar surface area (TPSA) is 52.6 Å². The first-order chi connectivity index (χ1) is 15.1. The summed E-state index contributed by atoms with van der Waals surface area (Å²) in [6.07, 6.45) is 11.1. The molecule has 4 heteroatoms. The van der Waals surface area contributed by atoms with Gasteiger partial charge in [0.05, 0.1) is 18.4 Å². The molecule has 3 unspecified atom stereocenters. The summed E-state index contributed by atoms with van der Waals surface area (Å²) in [5, 5.41) is 0. The zero-order chi connectivity index (χ0) is 22.1. The number of carbonyl (C=O) groups excluding carboxylic acids is 2. The van der Waals surface area contributed by atoms with Crippen LogP contribution in [0.15, 0.2) is 30.3 Å². The minimum atomic E-state index is -0.339. The van der Waals surface area contributed by atoms with Crippen molar-refractivity contribution >= 4 is 11.9 Å². The van der Waals surface area contributed by atoms with Crippen molar-refractivity contribution in [2.24, 2.45) is 29.6 Å². The molecule has 4 nitrogen and oxygen atoms in total. The highest BCUT2D eigenvalue weighted by atomic mass is 16.5. The Morgan fingerprint density at radius 2 is 1.45 bits per heavy atom. The fraction of sp³-hybridized carbons (Fsp3) is 0.704. The lowest BCUT2D eigenvalue weighted by atomic mass is 9.58. The highest BCUT2D eigenvalue weighted by molar-refractivity contribution is 5.83. The van der Waals surface area contributed by atoms with Gasteiger partial charge in [0.15, 0.2) is 0 Å². The number of carbonyl (C=O) groups is 2. The number of unbranched alkanes of at least 4 members (excludes halogenated alkanes) is 2. The molecule has 0 saturated heterocycles. The van der Waals surface area contributed by atoms with Crippen molar-refractivity contribution in [3.63, 3.8) is 0 Å². The first-order valence-electron chi connectivity index (χ1n) is 12.5. The molecule has 172 valence electrons. The van der Waals surface area contributed by atoms with Crippen molar-refractivity contribution in [3.05, 3.63) is 35.9 Å². The van der Waals surface area contributed by atoms with Crippen LogP contribution < -0.4 is 0 Å². The minimum Gasteiger partial charge on any atom is -0.465 e. The Bertz CT molecular complexity index is 678. The van der Waals surface area contributed by atoms with Gasteiger partial charge in [0.2, 0.25) is 0 Å². The second-order valence-electron chi connectivity index (χ2n) is 9.60. The normalized spacial score (nSPS) is 25.7. The van der Waals surface area contributed by atoms with E-state index in [0.717, 1.165) is 50.5 Å². The van der Waals surface area contributed by atoms with Crippen molar-refractivity contribution in [2.45, 2.75) is 84.7 Å². The Hall–Kier alpha value is -1.84. The Balaban J connectivity index is 1.59. The van der Waals surface area contributed by atoms with Gasteiger partial charge < -0.3 is 9.47 Å². The molecule has 0 aliphatic heterocycles. The Morgan fingerprint density at radius 1 is 0.839 bits per heavy atom. The lowest BCUT2D eigenvalue weighted by Gasteiger charge is -2.45. The molecule has 0 radical (unpaired) electrons. The number of hydrogen-bond acceptors (Lipinski definition) is 4. The Morgan fingerprint density at radius 3 is 2.03 bits per heavy atom. The summed E-state index contributed by atoms with van der Waals surface area (Å²) in [6, 6.07) is 9.75. The number of fused-ring (bicyclic) bond motifs is 3. The molecule has 4 rings (SSSR count). The quantitative estimate of drug-likeness (QED) is 0.289. The van der Waals surface area contributed by atoms with Crippen LogP contribution in [0.5, 0.6) is 0 Å². The summed E-state index contributed by atoms with van der Waals surface area (Å²) in [4.78, 5) is 26.2. The van der Waals surface area contributed by atoms with Gasteiger partial charge in [-0.15, -0.1) is 0 Å². The van der Waals surface area contributed by atoms with Crippen LogP contribution in [0.1, 0.15) is 83.6 Å². The first-order valence-corrected chi connectivity index (χ1v) is 12.5. The third kappa shape index (κ3) is 6.57. The van der Waals surface area contributed by atoms with E-state index >= 15 is 0 Å². The van der Waals surface area contributed by atoms with Gasteiger partial charge in [-0.2, -0.15) is 0 Å². The highest BCUT2D eigenvalue weighted by Gasteiger charge is 2.51. The lowest BCUT2D eigenvalue weighted by molar-refractivity contribution is -0.174. The molecule has 0 spiro atoms. The molecule has 3 atom stereocenters. The molecule has 3 aliphatic carbocycles. The third-order valence-electron chi connectivity index (χ3n) is 7.36. The second-order valence-corrected chi connectivity index (χ2v) is 9.60. The molecule has 3 fully saturated rings. The number of ether oxygens (including phenoxy) is 2. The molecule has 0 aromatic heterocycles. The molecule has 3 aliphatic rings. The lowest BCUT2D eigenvalue weighted by Crippen LogP contribution is -2.48. The highest BCUT2D eigenvalue weighted by Crippen LogP contribution is 2.50. The fourth-order valence-electron chi connectivity index (χ4n) is 5.65. The molecule has 0 amide bonds. The van der Waals surface area contributed by atoms with E-state index in [0.29, 0.717) is 12.5 Å². The van der Waals surface area contributed by atoms with Crippen molar-refractivity contribution in [1.82, 2.24) is 0 Å². The summed E-state index contributed by atoms with van der Waals surface area (Å²) < 4.78 is 11.6. The number of hydrogen-bond donors (Lipinski definition) is 0. The smallest absolute Gasteiger partial charge is 0.310 e. The van der Waals surface area contributed by atoms with Gasteiger partial charge in [-0.3, -0.25) is 9.59 Å². The number of esters is 2. The van der Waals surface area contributed by atoms with Crippen LogP contribution in [-0.2, 0) is 25.7 Å². The van der Waals surface area contributed by atoms with Gasteiger partial charge in [-0.25, -0.2) is 0 Å². The van der Waals surface area contributed by atoms with Crippen LogP contribution in [-0.4, -0.2) is 18.5 Å². The first kappa shape index (κ1) is 23.8. The second kappa shape index (κ2) is 12.3. The van der Waals surface area contributed by atoms with Crippen molar-refractivity contribution in [3.8, 4) is 0 Å². The van der Waals surface area contributed by atoms with Gasteiger partial charge in [-0.05, 0) is 61.8 Å². The van der Waals surface area contributed by atoms with Crippen molar-refractivity contribution < 1.29 is 19.1 Å². The third-order valence-corrected chi connectivity index (χ3v) is 7.36. The zero-order valence-electron chi connectivity index (χ0n) is 19.4. The van der Waals surface area contributed by atoms with Crippen LogP contribution in [0.25, 0.3) is 0 Å². The predicted molar refractivity (Wildman–Crippen MR) is 122 cm³/mol. The summed E-state index contributed by atoms with van der Waals surface area (Å²) in [6.45, 7) is 5.17. The van der Waals surface area contributed by atoms with Crippen molar-refractivity contribution in [1.29, 1.82) is 0 Å². The van der Waals surface area contributed by atoms with Gasteiger partial charge >= 0.3 is 11.9 Å². The van der Waals surface area contributed by atoms with Crippen molar-refractivity contribution in [2.75, 3.05) is 6.61 Å². The van der Waals surface area contributed by atoms with Gasteiger partial charge in [0, 0.05) is 0 Å². The summed E-state index contributed by atoms with van der Waals surface area (Å²) in [7, 11) is 0. The molecular weight excluding hydrogens is 388 g/mol. The minimum absolute atomic E-state index is 0.160. The maximum absolute atomic E-state index is 13.2. The average Bonchev–Trinajstić information content (AvgIpc) is 2.81. The molecule has 2 bridgehead atoms. The van der Waals surface area contributed by atoms with E-state index in [2.05, 4.69) is 13.8 Å². The standard InChI is InChI=1S/C27H40O4/c1-3-5-7-11-20(10-4-2)18-30-26(28)24-22-14-16-23(17-15-22)25(24)27(29)31-19-21-12-8-6-9-13-21/h6,8-9,12-13,20,22-25H,3-5,7,10-11,14-19H2,1-2H3. The average molecular weight is 429 g/mol. The SMILES string of the molecule is CCCCCC(CCC)COC(=O)C1C2CCC(CC2)C1C(=O)OCc1ccccc1. The van der Waals surface area contributed by atoms with E-state index in [9.17, 15) is 9.59 Å². The Kier molecular flexibility index (Phi) is 9.42. The summed E-state index contributed by atoms with van der Waals surface area (Å²) in [5.74, 6) is -0.0916. The van der Waals surface area contributed by atoms with E-state index in [4.69, 9.17) is 9.47 Å². The van der Waals surface area contributed by atoms with Crippen LogP contribution in [0.3, 0.4) is 0 Å². The zero-order valence-corrected chi connectivity index (χ0v) is 19.4. The van der Waals surface area contributed by atoms with Crippen LogP contribution in [0, 0.1) is 29.6 Å². The van der Waals surface area contributed by atoms with Crippen LogP contribution in [0.4, 0.5) is 0 Å². The molecule has 0 heterocycles. The Labute approximate surface area is 188 Å². The van der Waals surface area contributed by atoms with E-state index in [1.165, 1.54) is 19.3 Å². The van der Waals surface area contributed by atoms with Gasteiger partial charge in [0.1, 0.15) is 6.61 Å². The monoisotopic (exact) mass is 428 g/mol. The van der Waals surface area contributed by atoms with Crippen LogP contribution in [0.2, 0.25) is 0 Å². The summed E-state index contributed by atoms with van der Waals surface area (Å²) in [5.41, 5.74) is 0.977. The van der Waals surface area contributed by atoms with E-state index < -0.39 is 0 Å². The molecule has 1 aromatic rings. The van der Waals surface area contributed by atoms with E-state index in [1.54, 1.807) is 0 Å². The number of benzene rings is 1. The van der Waals surface area contributed by atoms with Gasteiger partial charge in [0.25, 0.3) is 0 Å². The molecular formula is C27H40O4. The number of rotatable bonds is 12. The molecule has 3 saturated carbocycles. The van der Waals surface area contributed by atoms with Crippen LogP contribution >= 0.6 is 0 Å². The van der Waals surface area contributed by atoms with E-state index in [-0.39, 0.29) is 42.2 Å². The largest absolute Gasteiger partial charge is 0.465 e. The van der Waals surface area contributed by atoms with E-state index in [1.807, 2.05) is 30.3 Å². The fourth-order valence-corrected chi connectivity index (χ4v) is 5.65. The predicted octanol–water partition coefficient (Wildman–Crippen LogP) is 6.32. The molecule has 31 heavy (non-hydrogen) atoms. The maximum atomic E-state index is 13.2. The molecule has 1 aromatic carbocycles. The molecule has 0 N–H and O–H groups in total.